The van der Waals surface area contributed by atoms with Gasteiger partial charge in [0.15, 0.2) is 0 Å². The van der Waals surface area contributed by atoms with Crippen LogP contribution < -0.4 is 10.6 Å². The molecule has 112 valence electrons. The lowest BCUT2D eigenvalue weighted by Crippen LogP contribution is -2.45. The van der Waals surface area contributed by atoms with Crippen LogP contribution in [-0.4, -0.2) is 28.3 Å². The largest absolute Gasteiger partial charge is 0.322 e. The van der Waals surface area contributed by atoms with Gasteiger partial charge in [0.2, 0.25) is 5.91 Å². The highest BCUT2D eigenvalue weighted by atomic mass is 16.2. The molecule has 2 unspecified atom stereocenters. The van der Waals surface area contributed by atoms with Crippen LogP contribution in [0.25, 0.3) is 0 Å². The molecule has 2 heterocycles. The summed E-state index contributed by atoms with van der Waals surface area (Å²) in [4.78, 5) is 12.4. The average molecular weight is 278 g/mol. The normalized spacial score (nSPS) is 23.1. The summed E-state index contributed by atoms with van der Waals surface area (Å²) in [5, 5.41) is 10.9. The molecule has 0 spiro atoms. The highest BCUT2D eigenvalue weighted by molar-refractivity contribution is 5.95. The molecule has 0 radical (unpaired) electrons. The van der Waals surface area contributed by atoms with Crippen LogP contribution in [-0.2, 0) is 4.79 Å². The minimum Gasteiger partial charge on any atom is -0.322 e. The van der Waals surface area contributed by atoms with E-state index in [2.05, 4.69) is 36.5 Å². The SMILES string of the molecule is Cc1nn(C(C)C)c(C)c1NC(=O)C1CC(C)CCN1. The Bertz CT molecular complexity index is 492. The molecule has 20 heavy (non-hydrogen) atoms. The molecule has 1 aromatic rings. The molecule has 1 aliphatic heterocycles. The van der Waals surface area contributed by atoms with Gasteiger partial charge in [0.25, 0.3) is 0 Å². The first-order valence-corrected chi connectivity index (χ1v) is 7.50. The number of aryl methyl sites for hydroxylation is 1. The van der Waals surface area contributed by atoms with Gasteiger partial charge in [-0.3, -0.25) is 9.48 Å². The molecular weight excluding hydrogens is 252 g/mol. The molecule has 1 aliphatic rings. The fourth-order valence-corrected chi connectivity index (χ4v) is 2.86. The number of nitrogens with one attached hydrogen (secondary N) is 2. The van der Waals surface area contributed by atoms with Gasteiger partial charge in [-0.15, -0.1) is 0 Å². The van der Waals surface area contributed by atoms with E-state index in [9.17, 15) is 4.79 Å². The molecule has 0 aromatic carbocycles. The van der Waals surface area contributed by atoms with Crippen molar-refractivity contribution in [2.45, 2.75) is 59.5 Å². The standard InChI is InChI=1S/C15H26N4O/c1-9(2)19-12(5)14(11(4)18-19)17-15(20)13-8-10(3)6-7-16-13/h9-10,13,16H,6-8H2,1-5H3,(H,17,20). The number of hydrogen-bond acceptors (Lipinski definition) is 3. The van der Waals surface area contributed by atoms with Crippen LogP contribution in [0.1, 0.15) is 51.0 Å². The van der Waals surface area contributed by atoms with Gasteiger partial charge in [0, 0.05) is 6.04 Å². The second-order valence-electron chi connectivity index (χ2n) is 6.21. The number of hydrogen-bond donors (Lipinski definition) is 2. The fourth-order valence-electron chi connectivity index (χ4n) is 2.86. The predicted molar refractivity (Wildman–Crippen MR) is 80.9 cm³/mol. The number of nitrogens with zero attached hydrogens (tertiary/aromatic N) is 2. The fraction of sp³-hybridized carbons (Fsp3) is 0.733. The van der Waals surface area contributed by atoms with E-state index >= 15 is 0 Å². The lowest BCUT2D eigenvalue weighted by atomic mass is 9.94. The lowest BCUT2D eigenvalue weighted by Gasteiger charge is -2.27. The average Bonchev–Trinajstić information content (AvgIpc) is 2.67. The molecular formula is C15H26N4O. The van der Waals surface area contributed by atoms with Crippen LogP contribution in [0.2, 0.25) is 0 Å². The molecule has 1 aromatic heterocycles. The number of rotatable bonds is 3. The Morgan fingerprint density at radius 3 is 2.70 bits per heavy atom. The first-order chi connectivity index (χ1) is 9.40. The van der Waals surface area contributed by atoms with Gasteiger partial charge in [0.1, 0.15) is 0 Å². The van der Waals surface area contributed by atoms with Gasteiger partial charge in [0.05, 0.1) is 23.1 Å². The minimum absolute atomic E-state index is 0.0612. The van der Waals surface area contributed by atoms with E-state index < -0.39 is 0 Å². The summed E-state index contributed by atoms with van der Waals surface area (Å²) < 4.78 is 1.96. The number of anilines is 1. The number of carbonyl (C=O) groups is 1. The van der Waals surface area contributed by atoms with Crippen molar-refractivity contribution in [1.82, 2.24) is 15.1 Å². The number of piperidine rings is 1. The molecule has 1 saturated heterocycles. The second kappa shape index (κ2) is 5.95. The second-order valence-corrected chi connectivity index (χ2v) is 6.21. The zero-order valence-electron chi connectivity index (χ0n) is 13.2. The van der Waals surface area contributed by atoms with Gasteiger partial charge in [-0.05, 0) is 53.0 Å². The third-order valence-electron chi connectivity index (χ3n) is 4.04. The highest BCUT2D eigenvalue weighted by Gasteiger charge is 2.26. The molecule has 2 N–H and O–H groups in total. The number of amides is 1. The maximum absolute atomic E-state index is 12.4. The van der Waals surface area contributed by atoms with Crippen molar-refractivity contribution in [2.24, 2.45) is 5.92 Å². The Balaban J connectivity index is 2.11. The van der Waals surface area contributed by atoms with E-state index in [4.69, 9.17) is 0 Å². The molecule has 5 heteroatoms. The van der Waals surface area contributed by atoms with Gasteiger partial charge in [-0.2, -0.15) is 5.10 Å². The van der Waals surface area contributed by atoms with E-state index in [1.165, 1.54) is 0 Å². The monoisotopic (exact) mass is 278 g/mol. The molecule has 0 bridgehead atoms. The van der Waals surface area contributed by atoms with Gasteiger partial charge >= 0.3 is 0 Å². The maximum atomic E-state index is 12.4. The van der Waals surface area contributed by atoms with E-state index in [0.717, 1.165) is 36.5 Å². The number of carbonyl (C=O) groups excluding carboxylic acids is 1. The number of aromatic nitrogens is 2. The lowest BCUT2D eigenvalue weighted by molar-refractivity contribution is -0.119. The Kier molecular flexibility index (Phi) is 4.48. The highest BCUT2D eigenvalue weighted by Crippen LogP contribution is 2.23. The maximum Gasteiger partial charge on any atom is 0.241 e. The topological polar surface area (TPSA) is 59.0 Å². The van der Waals surface area contributed by atoms with Gasteiger partial charge < -0.3 is 10.6 Å². The minimum atomic E-state index is -0.0834. The van der Waals surface area contributed by atoms with Crippen LogP contribution >= 0.6 is 0 Å². The van der Waals surface area contributed by atoms with Crippen LogP contribution in [0.5, 0.6) is 0 Å². The van der Waals surface area contributed by atoms with Crippen LogP contribution in [0, 0.1) is 19.8 Å². The summed E-state index contributed by atoms with van der Waals surface area (Å²) in [6.45, 7) is 11.3. The third-order valence-corrected chi connectivity index (χ3v) is 4.04. The molecule has 5 nitrogen and oxygen atoms in total. The van der Waals surface area contributed by atoms with E-state index in [0.29, 0.717) is 12.0 Å². The van der Waals surface area contributed by atoms with Gasteiger partial charge in [-0.1, -0.05) is 6.92 Å². The molecule has 1 amide bonds. The molecule has 1 fully saturated rings. The van der Waals surface area contributed by atoms with E-state index in [1.807, 2.05) is 18.5 Å². The van der Waals surface area contributed by atoms with Crippen molar-refractivity contribution in [2.75, 3.05) is 11.9 Å². The van der Waals surface area contributed by atoms with Crippen LogP contribution in [0.15, 0.2) is 0 Å². The van der Waals surface area contributed by atoms with E-state index in [-0.39, 0.29) is 11.9 Å². The Labute approximate surface area is 121 Å². The predicted octanol–water partition coefficient (Wildman–Crippen LogP) is 2.41. The molecule has 0 saturated carbocycles. The van der Waals surface area contributed by atoms with Crippen molar-refractivity contribution < 1.29 is 4.79 Å². The smallest absolute Gasteiger partial charge is 0.241 e. The summed E-state index contributed by atoms with van der Waals surface area (Å²) in [7, 11) is 0. The van der Waals surface area contributed by atoms with Crippen LogP contribution in [0.4, 0.5) is 5.69 Å². The Morgan fingerprint density at radius 2 is 2.15 bits per heavy atom. The molecule has 2 rings (SSSR count). The Morgan fingerprint density at radius 1 is 1.45 bits per heavy atom. The molecule has 0 aliphatic carbocycles. The van der Waals surface area contributed by atoms with E-state index in [1.54, 1.807) is 0 Å². The zero-order valence-corrected chi connectivity index (χ0v) is 13.2. The Hall–Kier alpha value is -1.36. The van der Waals surface area contributed by atoms with Gasteiger partial charge in [-0.25, -0.2) is 0 Å². The summed E-state index contributed by atoms with van der Waals surface area (Å²) >= 11 is 0. The first-order valence-electron chi connectivity index (χ1n) is 7.50. The summed E-state index contributed by atoms with van der Waals surface area (Å²) in [6.07, 6.45) is 2.05. The molecule has 2 atom stereocenters. The van der Waals surface area contributed by atoms with Crippen molar-refractivity contribution in [3.05, 3.63) is 11.4 Å². The summed E-state index contributed by atoms with van der Waals surface area (Å²) in [5.41, 5.74) is 2.77. The first kappa shape index (κ1) is 15.0. The zero-order chi connectivity index (χ0) is 14.9. The quantitative estimate of drug-likeness (QED) is 0.892. The van der Waals surface area contributed by atoms with Crippen LogP contribution in [0.3, 0.4) is 0 Å². The van der Waals surface area contributed by atoms with Crippen molar-refractivity contribution in [3.63, 3.8) is 0 Å². The van der Waals surface area contributed by atoms with Crippen molar-refractivity contribution in [3.8, 4) is 0 Å². The summed E-state index contributed by atoms with van der Waals surface area (Å²) in [5.74, 6) is 0.665. The third kappa shape index (κ3) is 3.03. The van der Waals surface area contributed by atoms with Crippen molar-refractivity contribution in [1.29, 1.82) is 0 Å². The summed E-state index contributed by atoms with van der Waals surface area (Å²) in [6, 6.07) is 0.215. The van der Waals surface area contributed by atoms with Crippen molar-refractivity contribution >= 4 is 11.6 Å².